The number of hydrogen-bond donors (Lipinski definition) is 0. The maximum atomic E-state index is 13.2. The Morgan fingerprint density at radius 3 is 2.94 bits per heavy atom. The van der Waals surface area contributed by atoms with Crippen LogP contribution in [0, 0.1) is 12.7 Å². The number of halogens is 2. The largest absolute Gasteiger partial charge is 0.248 e. The first kappa shape index (κ1) is 13.2. The summed E-state index contributed by atoms with van der Waals surface area (Å²) in [5.41, 5.74) is 2.89. The van der Waals surface area contributed by atoms with Gasteiger partial charge in [0.25, 0.3) is 0 Å². The monoisotopic (exact) mass is 311 g/mol. The van der Waals surface area contributed by atoms with Gasteiger partial charge >= 0.3 is 0 Å². The number of alkyl halides is 1. The molecule has 0 fully saturated rings. The molecule has 0 amide bonds. The SMILES string of the molecule is CCC(Br)c1cn(Cc2cc(F)ccc2C)nn1. The number of aryl methyl sites for hydroxylation is 1. The fraction of sp³-hybridized carbons (Fsp3) is 0.385. The van der Waals surface area contributed by atoms with E-state index >= 15 is 0 Å². The zero-order chi connectivity index (χ0) is 13.1. The van der Waals surface area contributed by atoms with Crippen LogP contribution in [0.1, 0.15) is 35.0 Å². The highest BCUT2D eigenvalue weighted by molar-refractivity contribution is 9.09. The first-order chi connectivity index (χ1) is 8.60. The number of benzene rings is 1. The van der Waals surface area contributed by atoms with Gasteiger partial charge in [0, 0.05) is 6.20 Å². The summed E-state index contributed by atoms with van der Waals surface area (Å²) in [5, 5.41) is 8.17. The van der Waals surface area contributed by atoms with E-state index in [1.54, 1.807) is 16.8 Å². The van der Waals surface area contributed by atoms with Gasteiger partial charge in [-0.15, -0.1) is 5.10 Å². The Morgan fingerprint density at radius 2 is 2.22 bits per heavy atom. The van der Waals surface area contributed by atoms with Crippen molar-refractivity contribution in [3.8, 4) is 0 Å². The third-order valence-corrected chi connectivity index (χ3v) is 4.00. The van der Waals surface area contributed by atoms with Gasteiger partial charge in [-0.1, -0.05) is 34.1 Å². The lowest BCUT2D eigenvalue weighted by molar-refractivity contribution is 0.612. The first-order valence-electron chi connectivity index (χ1n) is 5.89. The lowest BCUT2D eigenvalue weighted by Gasteiger charge is -2.05. The van der Waals surface area contributed by atoms with Crippen LogP contribution in [0.2, 0.25) is 0 Å². The third kappa shape index (κ3) is 2.96. The molecule has 3 nitrogen and oxygen atoms in total. The van der Waals surface area contributed by atoms with E-state index in [1.807, 2.05) is 13.1 Å². The number of rotatable bonds is 4. The Hall–Kier alpha value is -1.23. The normalized spacial score (nSPS) is 12.7. The van der Waals surface area contributed by atoms with E-state index in [1.165, 1.54) is 6.07 Å². The van der Waals surface area contributed by atoms with Crippen molar-refractivity contribution in [1.29, 1.82) is 0 Å². The zero-order valence-electron chi connectivity index (χ0n) is 10.4. The molecule has 0 saturated heterocycles. The van der Waals surface area contributed by atoms with E-state index in [4.69, 9.17) is 0 Å². The van der Waals surface area contributed by atoms with Gasteiger partial charge in [0.2, 0.25) is 0 Å². The second-order valence-corrected chi connectivity index (χ2v) is 5.39. The van der Waals surface area contributed by atoms with Crippen LogP contribution in [0.4, 0.5) is 4.39 Å². The van der Waals surface area contributed by atoms with Crippen molar-refractivity contribution < 1.29 is 4.39 Å². The van der Waals surface area contributed by atoms with Gasteiger partial charge in [-0.25, -0.2) is 9.07 Å². The van der Waals surface area contributed by atoms with Crippen LogP contribution >= 0.6 is 15.9 Å². The second-order valence-electron chi connectivity index (χ2n) is 4.29. The quantitative estimate of drug-likeness (QED) is 0.807. The summed E-state index contributed by atoms with van der Waals surface area (Å²) in [6, 6.07) is 4.79. The number of nitrogens with zero attached hydrogens (tertiary/aromatic N) is 3. The van der Waals surface area contributed by atoms with Crippen LogP contribution in [0.5, 0.6) is 0 Å². The highest BCUT2D eigenvalue weighted by atomic mass is 79.9. The van der Waals surface area contributed by atoms with Gasteiger partial charge in [0.15, 0.2) is 0 Å². The fourth-order valence-corrected chi connectivity index (χ4v) is 1.94. The predicted molar refractivity (Wildman–Crippen MR) is 72.2 cm³/mol. The van der Waals surface area contributed by atoms with Crippen molar-refractivity contribution in [3.05, 3.63) is 47.0 Å². The van der Waals surface area contributed by atoms with Gasteiger partial charge in [-0.2, -0.15) is 0 Å². The summed E-state index contributed by atoms with van der Waals surface area (Å²) >= 11 is 3.53. The number of aromatic nitrogens is 3. The predicted octanol–water partition coefficient (Wildman–Crippen LogP) is 3.62. The summed E-state index contributed by atoms with van der Waals surface area (Å²) in [5.74, 6) is -0.220. The van der Waals surface area contributed by atoms with Crippen LogP contribution in [-0.2, 0) is 6.54 Å². The van der Waals surface area contributed by atoms with Crippen molar-refractivity contribution in [2.24, 2.45) is 0 Å². The van der Waals surface area contributed by atoms with Gasteiger partial charge < -0.3 is 0 Å². The van der Waals surface area contributed by atoms with Crippen LogP contribution < -0.4 is 0 Å². The Balaban J connectivity index is 2.18. The van der Waals surface area contributed by atoms with E-state index in [0.717, 1.165) is 23.2 Å². The molecule has 18 heavy (non-hydrogen) atoms. The van der Waals surface area contributed by atoms with Gasteiger partial charge in [0.1, 0.15) is 5.82 Å². The molecule has 5 heteroatoms. The number of hydrogen-bond acceptors (Lipinski definition) is 2. The van der Waals surface area contributed by atoms with Crippen LogP contribution in [0.25, 0.3) is 0 Å². The minimum absolute atomic E-state index is 0.220. The van der Waals surface area contributed by atoms with Crippen molar-refractivity contribution in [3.63, 3.8) is 0 Å². The molecule has 0 saturated carbocycles. The summed E-state index contributed by atoms with van der Waals surface area (Å²) in [6.45, 7) is 4.58. The molecule has 0 radical (unpaired) electrons. The molecule has 0 aliphatic rings. The molecular formula is C13H15BrFN3. The van der Waals surface area contributed by atoms with Crippen molar-refractivity contribution in [1.82, 2.24) is 15.0 Å². The maximum Gasteiger partial charge on any atom is 0.123 e. The van der Waals surface area contributed by atoms with E-state index in [2.05, 4.69) is 33.2 Å². The molecular weight excluding hydrogens is 297 g/mol. The van der Waals surface area contributed by atoms with Crippen LogP contribution in [0.3, 0.4) is 0 Å². The molecule has 1 heterocycles. The molecule has 0 bridgehead atoms. The zero-order valence-corrected chi connectivity index (χ0v) is 12.0. The molecule has 0 spiro atoms. The Labute approximate surface area is 114 Å². The summed E-state index contributed by atoms with van der Waals surface area (Å²) in [6.07, 6.45) is 2.85. The standard InChI is InChI=1S/C13H15BrFN3/c1-3-12(14)13-8-18(17-16-13)7-10-6-11(15)5-4-9(10)2/h4-6,8,12H,3,7H2,1-2H3. The van der Waals surface area contributed by atoms with Crippen molar-refractivity contribution >= 4 is 15.9 Å². The summed E-state index contributed by atoms with van der Waals surface area (Å²) < 4.78 is 14.9. The second kappa shape index (κ2) is 5.61. The lowest BCUT2D eigenvalue weighted by atomic mass is 10.1. The highest BCUT2D eigenvalue weighted by Crippen LogP contribution is 2.23. The molecule has 0 aliphatic carbocycles. The molecule has 2 rings (SSSR count). The molecule has 1 aromatic heterocycles. The third-order valence-electron chi connectivity index (χ3n) is 2.88. The van der Waals surface area contributed by atoms with Crippen LogP contribution in [-0.4, -0.2) is 15.0 Å². The Kier molecular flexibility index (Phi) is 4.11. The Morgan fingerprint density at radius 1 is 1.44 bits per heavy atom. The maximum absolute atomic E-state index is 13.2. The smallest absolute Gasteiger partial charge is 0.123 e. The molecule has 0 N–H and O–H groups in total. The summed E-state index contributed by atoms with van der Waals surface area (Å²) in [7, 11) is 0. The van der Waals surface area contributed by atoms with Gasteiger partial charge in [-0.3, -0.25) is 0 Å². The molecule has 96 valence electrons. The van der Waals surface area contributed by atoms with E-state index in [0.29, 0.717) is 6.54 Å². The fourth-order valence-electron chi connectivity index (χ4n) is 1.73. The molecule has 2 aromatic rings. The summed E-state index contributed by atoms with van der Waals surface area (Å²) in [4.78, 5) is 0.222. The molecule has 1 unspecified atom stereocenters. The van der Waals surface area contributed by atoms with E-state index in [9.17, 15) is 4.39 Å². The van der Waals surface area contributed by atoms with E-state index in [-0.39, 0.29) is 10.6 Å². The average Bonchev–Trinajstić information content (AvgIpc) is 2.81. The minimum atomic E-state index is -0.220. The molecule has 1 atom stereocenters. The average molecular weight is 312 g/mol. The minimum Gasteiger partial charge on any atom is -0.248 e. The molecule has 1 aromatic carbocycles. The lowest BCUT2D eigenvalue weighted by Crippen LogP contribution is -2.02. The highest BCUT2D eigenvalue weighted by Gasteiger charge is 2.10. The van der Waals surface area contributed by atoms with Crippen LogP contribution in [0.15, 0.2) is 24.4 Å². The Bertz CT molecular complexity index is 539. The first-order valence-corrected chi connectivity index (χ1v) is 6.81. The molecule has 0 aliphatic heterocycles. The van der Waals surface area contributed by atoms with Gasteiger partial charge in [0.05, 0.1) is 17.1 Å². The van der Waals surface area contributed by atoms with Crippen molar-refractivity contribution in [2.45, 2.75) is 31.6 Å². The van der Waals surface area contributed by atoms with Gasteiger partial charge in [-0.05, 0) is 36.6 Å². The van der Waals surface area contributed by atoms with E-state index < -0.39 is 0 Å². The topological polar surface area (TPSA) is 30.7 Å². The van der Waals surface area contributed by atoms with Crippen molar-refractivity contribution in [2.75, 3.05) is 0 Å².